The van der Waals surface area contributed by atoms with Gasteiger partial charge in [-0.2, -0.15) is 4.31 Å². The third kappa shape index (κ3) is 5.75. The van der Waals surface area contributed by atoms with Gasteiger partial charge < -0.3 is 9.88 Å². The number of amides is 1. The Labute approximate surface area is 204 Å². The van der Waals surface area contributed by atoms with E-state index in [0.29, 0.717) is 30.6 Å². The van der Waals surface area contributed by atoms with Crippen LogP contribution in [-0.4, -0.2) is 42.1 Å². The molecule has 1 amide bonds. The molecule has 0 spiro atoms. The van der Waals surface area contributed by atoms with Gasteiger partial charge in [0, 0.05) is 42.5 Å². The minimum Gasteiger partial charge on any atom is -0.326 e. The third-order valence-electron chi connectivity index (χ3n) is 6.20. The molecule has 0 saturated carbocycles. The maximum Gasteiger partial charge on any atom is 0.250 e. The first-order valence-electron chi connectivity index (χ1n) is 11.4. The van der Waals surface area contributed by atoms with Gasteiger partial charge in [-0.05, 0) is 55.7 Å². The quantitative estimate of drug-likeness (QED) is 0.509. The Morgan fingerprint density at radius 2 is 1.60 bits per heavy atom. The topological polar surface area (TPSA) is 106 Å². The number of piperidine rings is 1. The van der Waals surface area contributed by atoms with Crippen LogP contribution in [0.3, 0.4) is 0 Å². The van der Waals surface area contributed by atoms with Crippen molar-refractivity contribution in [2.75, 3.05) is 18.4 Å². The van der Waals surface area contributed by atoms with Gasteiger partial charge in [0.1, 0.15) is 0 Å². The van der Waals surface area contributed by atoms with Crippen molar-refractivity contribution in [3.8, 4) is 0 Å². The number of hydrogen-bond donors (Lipinski definition) is 1. The number of nitrogens with zero attached hydrogens (tertiary/aromatic N) is 2. The number of sulfonamides is 1. The van der Waals surface area contributed by atoms with E-state index in [9.17, 15) is 22.8 Å². The van der Waals surface area contributed by atoms with Crippen LogP contribution in [0.4, 0.5) is 5.69 Å². The number of Topliss-reactive ketones (excluding diaryl/α,β-unsaturated/α-hetero) is 1. The van der Waals surface area contributed by atoms with Crippen molar-refractivity contribution in [2.45, 2.75) is 31.2 Å². The molecule has 1 N–H and O–H groups in total. The largest absolute Gasteiger partial charge is 0.326 e. The van der Waals surface area contributed by atoms with E-state index in [4.69, 9.17) is 0 Å². The maximum atomic E-state index is 12.9. The summed E-state index contributed by atoms with van der Waals surface area (Å²) in [5.74, 6) is -0.550. The predicted molar refractivity (Wildman–Crippen MR) is 133 cm³/mol. The predicted octanol–water partition coefficient (Wildman–Crippen LogP) is 3.14. The molecule has 2 heterocycles. The molecule has 3 aromatic rings. The molecule has 9 heteroatoms. The molecule has 0 bridgehead atoms. The lowest BCUT2D eigenvalue weighted by molar-refractivity contribution is -0.120. The molecular weight excluding hydrogens is 466 g/mol. The highest BCUT2D eigenvalue weighted by atomic mass is 32.2. The van der Waals surface area contributed by atoms with E-state index in [0.717, 1.165) is 5.56 Å². The molecule has 4 rings (SSSR count). The van der Waals surface area contributed by atoms with Crippen LogP contribution < -0.4 is 10.9 Å². The SMILES string of the molecule is CC(=O)c1ccc(S(=O)(=O)N2CCC(C(=O)Nc3ccc(Cn4ccccc4=O)cc3)CC2)cc1. The highest BCUT2D eigenvalue weighted by Gasteiger charge is 2.32. The minimum absolute atomic E-state index is 0.0775. The number of benzene rings is 2. The second-order valence-electron chi connectivity index (χ2n) is 8.61. The van der Waals surface area contributed by atoms with Crippen LogP contribution in [0.25, 0.3) is 0 Å². The van der Waals surface area contributed by atoms with Crippen LogP contribution >= 0.6 is 0 Å². The van der Waals surface area contributed by atoms with Gasteiger partial charge in [-0.3, -0.25) is 14.4 Å². The lowest BCUT2D eigenvalue weighted by Crippen LogP contribution is -2.41. The number of pyridine rings is 1. The zero-order valence-corrected chi connectivity index (χ0v) is 20.2. The smallest absolute Gasteiger partial charge is 0.250 e. The fourth-order valence-electron chi connectivity index (χ4n) is 4.09. The highest BCUT2D eigenvalue weighted by molar-refractivity contribution is 7.89. The first kappa shape index (κ1) is 24.6. The van der Waals surface area contributed by atoms with E-state index < -0.39 is 10.0 Å². The average Bonchev–Trinajstić information content (AvgIpc) is 2.86. The molecule has 1 aliphatic heterocycles. The van der Waals surface area contributed by atoms with Gasteiger partial charge >= 0.3 is 0 Å². The Morgan fingerprint density at radius 3 is 2.20 bits per heavy atom. The minimum atomic E-state index is -3.68. The van der Waals surface area contributed by atoms with Crippen molar-refractivity contribution in [3.63, 3.8) is 0 Å². The van der Waals surface area contributed by atoms with Gasteiger partial charge in [-0.1, -0.05) is 30.3 Å². The number of carbonyl (C=O) groups excluding carboxylic acids is 2. The molecule has 35 heavy (non-hydrogen) atoms. The first-order valence-corrected chi connectivity index (χ1v) is 12.8. The summed E-state index contributed by atoms with van der Waals surface area (Å²) in [5, 5.41) is 2.91. The summed E-state index contributed by atoms with van der Waals surface area (Å²) in [6, 6.07) is 18.2. The van der Waals surface area contributed by atoms with Crippen molar-refractivity contribution in [2.24, 2.45) is 5.92 Å². The Hall–Kier alpha value is -3.56. The number of hydrogen-bond acceptors (Lipinski definition) is 5. The average molecular weight is 494 g/mol. The number of anilines is 1. The molecule has 0 radical (unpaired) electrons. The number of ketones is 1. The van der Waals surface area contributed by atoms with E-state index in [1.165, 1.54) is 41.6 Å². The van der Waals surface area contributed by atoms with Crippen LogP contribution in [0.1, 0.15) is 35.7 Å². The fourth-order valence-corrected chi connectivity index (χ4v) is 5.56. The van der Waals surface area contributed by atoms with Crippen molar-refractivity contribution >= 4 is 27.4 Å². The van der Waals surface area contributed by atoms with Crippen molar-refractivity contribution in [1.82, 2.24) is 8.87 Å². The molecular formula is C26H27N3O5S. The summed E-state index contributed by atoms with van der Waals surface area (Å²) in [6.07, 6.45) is 2.57. The molecule has 0 aliphatic carbocycles. The zero-order valence-electron chi connectivity index (χ0n) is 19.4. The molecule has 1 fully saturated rings. The molecule has 0 atom stereocenters. The standard InChI is InChI=1S/C26H27N3O5S/c1-19(30)21-7-11-24(12-8-21)35(33,34)29-16-13-22(14-17-29)26(32)27-23-9-5-20(6-10-23)18-28-15-3-2-4-25(28)31/h2-12,15,22H,13-14,16-18H2,1H3,(H,27,32). The van der Waals surface area contributed by atoms with Gasteiger partial charge in [0.2, 0.25) is 15.9 Å². The lowest BCUT2D eigenvalue weighted by atomic mass is 9.97. The van der Waals surface area contributed by atoms with E-state index in [-0.39, 0.29) is 41.2 Å². The summed E-state index contributed by atoms with van der Waals surface area (Å²) in [5.41, 5.74) is 1.97. The monoisotopic (exact) mass is 493 g/mol. The van der Waals surface area contributed by atoms with E-state index in [1.807, 2.05) is 12.1 Å². The van der Waals surface area contributed by atoms with Crippen molar-refractivity contribution in [1.29, 1.82) is 0 Å². The van der Waals surface area contributed by atoms with Crippen LogP contribution in [0.15, 0.2) is 82.6 Å². The summed E-state index contributed by atoms with van der Waals surface area (Å²) in [6.45, 7) is 2.37. The van der Waals surface area contributed by atoms with Crippen molar-refractivity contribution in [3.05, 3.63) is 94.4 Å². The number of rotatable bonds is 7. The molecule has 1 aliphatic rings. The molecule has 8 nitrogen and oxygen atoms in total. The van der Waals surface area contributed by atoms with Crippen LogP contribution in [-0.2, 0) is 21.4 Å². The van der Waals surface area contributed by atoms with Crippen molar-refractivity contribution < 1.29 is 18.0 Å². The summed E-state index contributed by atoms with van der Waals surface area (Å²) in [4.78, 5) is 36.2. The molecule has 182 valence electrons. The highest BCUT2D eigenvalue weighted by Crippen LogP contribution is 2.25. The lowest BCUT2D eigenvalue weighted by Gasteiger charge is -2.30. The number of carbonyl (C=O) groups is 2. The van der Waals surface area contributed by atoms with Gasteiger partial charge in [0.25, 0.3) is 5.56 Å². The number of nitrogens with one attached hydrogen (secondary N) is 1. The molecule has 1 saturated heterocycles. The summed E-state index contributed by atoms with van der Waals surface area (Å²) in [7, 11) is -3.68. The Morgan fingerprint density at radius 1 is 0.943 bits per heavy atom. The maximum absolute atomic E-state index is 12.9. The van der Waals surface area contributed by atoms with Gasteiger partial charge in [-0.25, -0.2) is 8.42 Å². The Bertz CT molecular complexity index is 1370. The first-order chi connectivity index (χ1) is 16.7. The van der Waals surface area contributed by atoms with Crippen LogP contribution in [0, 0.1) is 5.92 Å². The summed E-state index contributed by atoms with van der Waals surface area (Å²) < 4.78 is 28.9. The normalized spacial score (nSPS) is 15.0. The van der Waals surface area contributed by atoms with Gasteiger partial charge in [0.15, 0.2) is 5.78 Å². The van der Waals surface area contributed by atoms with Gasteiger partial charge in [0.05, 0.1) is 11.4 Å². The number of aromatic nitrogens is 1. The zero-order chi connectivity index (χ0) is 25.0. The summed E-state index contributed by atoms with van der Waals surface area (Å²) >= 11 is 0. The fraction of sp³-hybridized carbons (Fsp3) is 0.269. The molecule has 2 aromatic carbocycles. The van der Waals surface area contributed by atoms with E-state index >= 15 is 0 Å². The van der Waals surface area contributed by atoms with E-state index in [2.05, 4.69) is 5.32 Å². The molecule has 0 unspecified atom stereocenters. The van der Waals surface area contributed by atoms with E-state index in [1.54, 1.807) is 35.0 Å². The third-order valence-corrected chi connectivity index (χ3v) is 8.11. The second kappa shape index (κ2) is 10.4. The van der Waals surface area contributed by atoms with Gasteiger partial charge in [-0.15, -0.1) is 0 Å². The second-order valence-corrected chi connectivity index (χ2v) is 10.5. The Balaban J connectivity index is 1.32. The Kier molecular flexibility index (Phi) is 7.28. The molecule has 1 aromatic heterocycles. The van der Waals surface area contributed by atoms with Crippen LogP contribution in [0.5, 0.6) is 0 Å². The van der Waals surface area contributed by atoms with Crippen LogP contribution in [0.2, 0.25) is 0 Å².